The van der Waals surface area contributed by atoms with Crippen molar-refractivity contribution in [2.45, 2.75) is 51.6 Å². The highest BCUT2D eigenvalue weighted by atomic mass is 16.5. The van der Waals surface area contributed by atoms with Crippen LogP contribution in [0, 0.1) is 0 Å². The van der Waals surface area contributed by atoms with E-state index in [1.54, 1.807) is 6.07 Å². The lowest BCUT2D eigenvalue weighted by Crippen LogP contribution is -2.38. The lowest BCUT2D eigenvalue weighted by molar-refractivity contribution is -0.137. The molecule has 1 aliphatic rings. The second-order valence-corrected chi connectivity index (χ2v) is 11.0. The summed E-state index contributed by atoms with van der Waals surface area (Å²) in [5, 5.41) is 9.37. The number of carbonyl (C=O) groups excluding carboxylic acids is 1. The van der Waals surface area contributed by atoms with Gasteiger partial charge in [-0.25, -0.2) is 0 Å². The van der Waals surface area contributed by atoms with Crippen LogP contribution in [0.25, 0.3) is 0 Å². The molecule has 1 N–H and O–H groups in total. The molecule has 194 valence electrons. The van der Waals surface area contributed by atoms with Crippen LogP contribution >= 0.6 is 0 Å². The minimum atomic E-state index is -1.07. The third-order valence-electron chi connectivity index (χ3n) is 6.61. The molecule has 1 atom stereocenters. The zero-order valence-electron chi connectivity index (χ0n) is 22.0. The van der Waals surface area contributed by atoms with Crippen LogP contribution in [-0.2, 0) is 23.1 Å². The Hall–Kier alpha value is -3.80. The van der Waals surface area contributed by atoms with Crippen LogP contribution in [0.1, 0.15) is 54.7 Å². The van der Waals surface area contributed by atoms with Crippen molar-refractivity contribution in [3.8, 4) is 11.5 Å². The van der Waals surface area contributed by atoms with Crippen molar-refractivity contribution in [1.82, 2.24) is 4.90 Å². The van der Waals surface area contributed by atoms with E-state index in [0.29, 0.717) is 17.7 Å². The van der Waals surface area contributed by atoms with Crippen molar-refractivity contribution in [3.05, 3.63) is 95.1 Å². The number of aliphatic carboxylic acids is 1. The monoisotopic (exact) mass is 501 g/mol. The Balaban J connectivity index is 1.43. The molecular weight excluding hydrogens is 466 g/mol. The number of amides is 1. The van der Waals surface area contributed by atoms with Crippen molar-refractivity contribution in [2.24, 2.45) is 0 Å². The van der Waals surface area contributed by atoms with Gasteiger partial charge in [-0.05, 0) is 59.4 Å². The number of nitrogens with zero attached hydrogens (tertiary/aromatic N) is 1. The van der Waals surface area contributed by atoms with E-state index in [1.165, 1.54) is 16.0 Å². The summed E-state index contributed by atoms with van der Waals surface area (Å²) in [6.45, 7) is 8.65. The van der Waals surface area contributed by atoms with Gasteiger partial charge in [-0.3, -0.25) is 9.59 Å². The first kappa shape index (κ1) is 26.3. The van der Waals surface area contributed by atoms with E-state index in [0.717, 1.165) is 17.7 Å². The summed E-state index contributed by atoms with van der Waals surface area (Å²) in [7, 11) is 0. The fourth-order valence-corrected chi connectivity index (χ4v) is 4.70. The normalized spacial score (nSPS) is 16.5. The summed E-state index contributed by atoms with van der Waals surface area (Å²) in [6, 6.07) is 23.3. The van der Waals surface area contributed by atoms with Gasteiger partial charge >= 0.3 is 5.97 Å². The predicted molar refractivity (Wildman–Crippen MR) is 144 cm³/mol. The topological polar surface area (TPSA) is 76.1 Å². The van der Waals surface area contributed by atoms with Crippen LogP contribution in [0.4, 0.5) is 0 Å². The molecule has 4 rings (SSSR count). The van der Waals surface area contributed by atoms with Gasteiger partial charge in [0.2, 0.25) is 0 Å². The summed E-state index contributed by atoms with van der Waals surface area (Å²) in [6.07, 6.45) is 1.41. The van der Waals surface area contributed by atoms with Gasteiger partial charge in [0.15, 0.2) is 0 Å². The third-order valence-corrected chi connectivity index (χ3v) is 6.61. The largest absolute Gasteiger partial charge is 0.492 e. The van der Waals surface area contributed by atoms with E-state index in [1.807, 2.05) is 42.5 Å². The van der Waals surface area contributed by atoms with Gasteiger partial charge in [0.05, 0.1) is 6.54 Å². The molecule has 0 radical (unpaired) electrons. The van der Waals surface area contributed by atoms with Crippen LogP contribution < -0.4 is 9.47 Å². The fourth-order valence-electron chi connectivity index (χ4n) is 4.70. The number of benzene rings is 3. The first-order valence-corrected chi connectivity index (χ1v) is 12.6. The molecule has 6 nitrogen and oxygen atoms in total. The van der Waals surface area contributed by atoms with Gasteiger partial charge in [0, 0.05) is 18.4 Å². The van der Waals surface area contributed by atoms with E-state index >= 15 is 0 Å². The number of hydrogen-bond acceptors (Lipinski definition) is 4. The molecule has 1 heterocycles. The zero-order chi connectivity index (χ0) is 26.6. The van der Waals surface area contributed by atoms with Crippen LogP contribution in [-0.4, -0.2) is 47.2 Å². The first-order chi connectivity index (χ1) is 17.5. The molecule has 0 spiro atoms. The molecule has 0 unspecified atom stereocenters. The van der Waals surface area contributed by atoms with E-state index in [2.05, 4.69) is 52.0 Å². The Morgan fingerprint density at radius 2 is 1.73 bits per heavy atom. The predicted octanol–water partition coefficient (Wildman–Crippen LogP) is 5.53. The minimum Gasteiger partial charge on any atom is -0.492 e. The lowest BCUT2D eigenvalue weighted by atomic mass is 9.85. The molecule has 37 heavy (non-hydrogen) atoms. The van der Waals surface area contributed by atoms with Crippen LogP contribution in [0.3, 0.4) is 0 Å². The molecule has 0 aromatic heterocycles. The Labute approximate surface area is 218 Å². The molecule has 3 aromatic rings. The van der Waals surface area contributed by atoms with E-state index < -0.39 is 18.1 Å². The smallest absolute Gasteiger partial charge is 0.323 e. The number of ether oxygens (including phenoxy) is 2. The highest BCUT2D eigenvalue weighted by molar-refractivity contribution is 5.96. The number of carbonyl (C=O) groups is 2. The summed E-state index contributed by atoms with van der Waals surface area (Å²) in [4.78, 5) is 26.0. The van der Waals surface area contributed by atoms with Crippen molar-refractivity contribution in [2.75, 3.05) is 19.7 Å². The highest BCUT2D eigenvalue weighted by Crippen LogP contribution is 2.38. The van der Waals surface area contributed by atoms with Gasteiger partial charge in [-0.1, -0.05) is 63.2 Å². The van der Waals surface area contributed by atoms with E-state index in [-0.39, 0.29) is 24.5 Å². The first-order valence-electron chi connectivity index (χ1n) is 12.6. The van der Waals surface area contributed by atoms with Gasteiger partial charge in [-0.15, -0.1) is 0 Å². The maximum Gasteiger partial charge on any atom is 0.323 e. The van der Waals surface area contributed by atoms with Crippen LogP contribution in [0.15, 0.2) is 72.8 Å². The Kier molecular flexibility index (Phi) is 7.58. The van der Waals surface area contributed by atoms with Crippen LogP contribution in [0.5, 0.6) is 11.5 Å². The molecule has 0 bridgehead atoms. The molecule has 0 saturated carbocycles. The number of rotatable bonds is 9. The highest BCUT2D eigenvalue weighted by Gasteiger charge is 2.35. The number of hydrogen-bond donors (Lipinski definition) is 1. The van der Waals surface area contributed by atoms with Gasteiger partial charge in [0.25, 0.3) is 5.91 Å². The minimum absolute atomic E-state index is 0.105. The Bertz CT molecular complexity index is 1250. The summed E-state index contributed by atoms with van der Waals surface area (Å²) in [5.41, 5.74) is 3.58. The SMILES string of the molecule is CC(C)(C)c1ccc(C[C@]2(C)Cc3cc(C(=O)N(CCOc4ccccc4)CC(=O)O)ccc3O2)cc1. The maximum atomic E-state index is 13.3. The van der Waals surface area contributed by atoms with Gasteiger partial charge < -0.3 is 19.5 Å². The number of fused-ring (bicyclic) bond motifs is 1. The number of carboxylic acid groups (broad SMARTS) is 1. The Morgan fingerprint density at radius 1 is 1.03 bits per heavy atom. The summed E-state index contributed by atoms with van der Waals surface area (Å²) in [5.74, 6) is 0.0330. The van der Waals surface area contributed by atoms with Crippen molar-refractivity contribution in [3.63, 3.8) is 0 Å². The molecule has 0 fully saturated rings. The van der Waals surface area contributed by atoms with Crippen molar-refractivity contribution < 1.29 is 24.2 Å². The second kappa shape index (κ2) is 10.7. The van der Waals surface area contributed by atoms with Gasteiger partial charge in [0.1, 0.15) is 30.3 Å². The number of carboxylic acids is 1. The average molecular weight is 502 g/mol. The molecular formula is C31H35NO5. The molecule has 3 aromatic carbocycles. The van der Waals surface area contributed by atoms with Crippen LogP contribution in [0.2, 0.25) is 0 Å². The molecule has 0 saturated heterocycles. The summed E-state index contributed by atoms with van der Waals surface area (Å²) < 4.78 is 12.0. The number of para-hydroxylation sites is 1. The van der Waals surface area contributed by atoms with E-state index in [9.17, 15) is 14.7 Å². The summed E-state index contributed by atoms with van der Waals surface area (Å²) >= 11 is 0. The van der Waals surface area contributed by atoms with Crippen molar-refractivity contribution in [1.29, 1.82) is 0 Å². The quantitative estimate of drug-likeness (QED) is 0.417. The Morgan fingerprint density at radius 3 is 2.38 bits per heavy atom. The molecule has 6 heteroatoms. The maximum absolute atomic E-state index is 13.3. The third kappa shape index (κ3) is 6.70. The standard InChI is InChI=1S/C31H35NO5/c1-30(2,3)25-13-10-22(11-14-25)19-31(4)20-24-18-23(12-15-27(24)37-31)29(35)32(21-28(33)34)16-17-36-26-8-6-5-7-9-26/h5-15,18H,16-17,19-21H2,1-4H3,(H,33,34)/t31-/m1/s1. The lowest BCUT2D eigenvalue weighted by Gasteiger charge is -2.25. The molecule has 1 amide bonds. The molecule has 0 aliphatic carbocycles. The van der Waals surface area contributed by atoms with E-state index in [4.69, 9.17) is 9.47 Å². The van der Waals surface area contributed by atoms with Crippen molar-refractivity contribution >= 4 is 11.9 Å². The fraction of sp³-hybridized carbons (Fsp3) is 0.355. The average Bonchev–Trinajstić information content (AvgIpc) is 3.18. The second-order valence-electron chi connectivity index (χ2n) is 11.0. The van der Waals surface area contributed by atoms with Gasteiger partial charge in [-0.2, -0.15) is 0 Å². The molecule has 1 aliphatic heterocycles. The zero-order valence-corrected chi connectivity index (χ0v) is 22.0.